The van der Waals surface area contributed by atoms with Crippen LogP contribution in [0.2, 0.25) is 0 Å². The summed E-state index contributed by atoms with van der Waals surface area (Å²) in [5.74, 6) is -0.334. The molecule has 0 fully saturated rings. The molecule has 0 unspecified atom stereocenters. The van der Waals surface area contributed by atoms with E-state index in [-0.39, 0.29) is 36.0 Å². The number of nitrogens with two attached hydrogens (primary N) is 1. The minimum Gasteiger partial charge on any atom is -0.370 e. The van der Waals surface area contributed by atoms with Crippen molar-refractivity contribution in [3.8, 4) is 0 Å². The van der Waals surface area contributed by atoms with Gasteiger partial charge in [0.15, 0.2) is 5.96 Å². The Balaban J connectivity index is 0.00000324. The van der Waals surface area contributed by atoms with E-state index in [9.17, 15) is 8.78 Å². The van der Waals surface area contributed by atoms with Crippen LogP contribution in [0.25, 0.3) is 0 Å². The number of aliphatic imine (C=N–C) groups is 1. The lowest BCUT2D eigenvalue weighted by atomic mass is 10.1. The average molecular weight is 383 g/mol. The number of halogens is 3. The van der Waals surface area contributed by atoms with Crippen LogP contribution in [0.4, 0.5) is 8.78 Å². The Labute approximate surface area is 129 Å². The molecule has 0 aliphatic heterocycles. The van der Waals surface area contributed by atoms with Gasteiger partial charge in [-0.1, -0.05) is 19.9 Å². The molecule has 0 spiro atoms. The van der Waals surface area contributed by atoms with Crippen molar-refractivity contribution in [3.05, 3.63) is 35.4 Å². The topological polar surface area (TPSA) is 50.4 Å². The van der Waals surface area contributed by atoms with Crippen LogP contribution in [0.1, 0.15) is 19.4 Å². The molecule has 1 aromatic rings. The van der Waals surface area contributed by atoms with Gasteiger partial charge in [-0.05, 0) is 24.5 Å². The predicted molar refractivity (Wildman–Crippen MR) is 84.8 cm³/mol. The van der Waals surface area contributed by atoms with Gasteiger partial charge in [-0.3, -0.25) is 4.99 Å². The van der Waals surface area contributed by atoms with E-state index >= 15 is 0 Å². The van der Waals surface area contributed by atoms with Gasteiger partial charge in [-0.25, -0.2) is 8.78 Å². The summed E-state index contributed by atoms with van der Waals surface area (Å²) >= 11 is 0. The maximum absolute atomic E-state index is 13.3. The summed E-state index contributed by atoms with van der Waals surface area (Å²) in [6.45, 7) is 5.05. The lowest BCUT2D eigenvalue weighted by Gasteiger charge is -2.08. The van der Waals surface area contributed by atoms with Crippen LogP contribution >= 0.6 is 24.0 Å². The zero-order valence-corrected chi connectivity index (χ0v) is 13.4. The van der Waals surface area contributed by atoms with Crippen LogP contribution in [0.15, 0.2) is 23.2 Å². The Morgan fingerprint density at radius 3 is 2.42 bits per heavy atom. The number of nitrogens with zero attached hydrogens (tertiary/aromatic N) is 1. The van der Waals surface area contributed by atoms with Gasteiger partial charge in [-0.15, -0.1) is 24.0 Å². The highest BCUT2D eigenvalue weighted by molar-refractivity contribution is 14.0. The minimum atomic E-state index is -0.533. The van der Waals surface area contributed by atoms with Gasteiger partial charge in [0.05, 0.1) is 0 Å². The van der Waals surface area contributed by atoms with Crippen molar-refractivity contribution in [2.75, 3.05) is 13.1 Å². The van der Waals surface area contributed by atoms with Crippen molar-refractivity contribution in [1.82, 2.24) is 5.32 Å². The van der Waals surface area contributed by atoms with Crippen LogP contribution in [-0.2, 0) is 6.42 Å². The van der Waals surface area contributed by atoms with Gasteiger partial charge in [0, 0.05) is 18.7 Å². The first-order chi connectivity index (χ1) is 8.50. The van der Waals surface area contributed by atoms with Gasteiger partial charge in [0.1, 0.15) is 11.6 Å². The first-order valence-corrected chi connectivity index (χ1v) is 5.97. The molecule has 0 bridgehead atoms. The van der Waals surface area contributed by atoms with Crippen molar-refractivity contribution >= 4 is 29.9 Å². The quantitative estimate of drug-likeness (QED) is 0.467. The fourth-order valence-electron chi connectivity index (χ4n) is 1.42. The zero-order chi connectivity index (χ0) is 13.5. The Bertz CT molecular complexity index is 402. The molecule has 0 heterocycles. The van der Waals surface area contributed by atoms with Crippen molar-refractivity contribution < 1.29 is 8.78 Å². The van der Waals surface area contributed by atoms with Crippen molar-refractivity contribution in [2.24, 2.45) is 16.6 Å². The fraction of sp³-hybridized carbons (Fsp3) is 0.462. The minimum absolute atomic E-state index is 0. The molecule has 6 heteroatoms. The Morgan fingerprint density at radius 2 is 1.89 bits per heavy atom. The molecule has 0 radical (unpaired) electrons. The van der Waals surface area contributed by atoms with Crippen LogP contribution < -0.4 is 11.1 Å². The summed E-state index contributed by atoms with van der Waals surface area (Å²) < 4.78 is 26.6. The molecule has 0 atom stereocenters. The predicted octanol–water partition coefficient (Wildman–Crippen LogP) is 2.69. The Hall–Kier alpha value is -0.920. The molecule has 1 aromatic carbocycles. The largest absolute Gasteiger partial charge is 0.370 e. The number of hydrogen-bond acceptors (Lipinski definition) is 1. The molecule has 0 saturated heterocycles. The third-order valence-electron chi connectivity index (χ3n) is 2.37. The molecule has 19 heavy (non-hydrogen) atoms. The van der Waals surface area contributed by atoms with Crippen LogP contribution in [-0.4, -0.2) is 19.0 Å². The van der Waals surface area contributed by atoms with Gasteiger partial charge in [-0.2, -0.15) is 0 Å². The number of rotatable bonds is 5. The molecule has 1 rings (SSSR count). The third kappa shape index (κ3) is 6.70. The van der Waals surface area contributed by atoms with Gasteiger partial charge < -0.3 is 11.1 Å². The van der Waals surface area contributed by atoms with E-state index in [0.29, 0.717) is 25.0 Å². The molecular formula is C13H20F2IN3. The normalized spacial score (nSPS) is 11.3. The van der Waals surface area contributed by atoms with Gasteiger partial charge >= 0.3 is 0 Å². The van der Waals surface area contributed by atoms with E-state index in [1.807, 2.05) is 13.8 Å². The Kier molecular flexibility index (Phi) is 8.62. The molecule has 0 aliphatic rings. The molecule has 0 amide bonds. The highest BCUT2D eigenvalue weighted by Crippen LogP contribution is 2.11. The Morgan fingerprint density at radius 1 is 1.32 bits per heavy atom. The van der Waals surface area contributed by atoms with E-state index in [1.165, 1.54) is 18.2 Å². The second-order valence-corrected chi connectivity index (χ2v) is 4.50. The van der Waals surface area contributed by atoms with E-state index in [2.05, 4.69) is 10.3 Å². The molecule has 108 valence electrons. The second-order valence-electron chi connectivity index (χ2n) is 4.50. The summed E-state index contributed by atoms with van der Waals surface area (Å²) in [4.78, 5) is 4.10. The lowest BCUT2D eigenvalue weighted by molar-refractivity contribution is 0.553. The number of hydrogen-bond donors (Lipinski definition) is 2. The van der Waals surface area contributed by atoms with Crippen molar-refractivity contribution in [1.29, 1.82) is 0 Å². The van der Waals surface area contributed by atoms with Crippen LogP contribution in [0.3, 0.4) is 0 Å². The fourth-order valence-corrected chi connectivity index (χ4v) is 1.42. The highest BCUT2D eigenvalue weighted by Gasteiger charge is 2.07. The summed E-state index contributed by atoms with van der Waals surface area (Å²) in [6, 6.07) is 3.84. The van der Waals surface area contributed by atoms with Crippen molar-refractivity contribution in [3.63, 3.8) is 0 Å². The maximum atomic E-state index is 13.3. The first kappa shape index (κ1) is 18.1. The third-order valence-corrected chi connectivity index (χ3v) is 2.37. The lowest BCUT2D eigenvalue weighted by Crippen LogP contribution is -2.33. The van der Waals surface area contributed by atoms with E-state index in [0.717, 1.165) is 0 Å². The first-order valence-electron chi connectivity index (χ1n) is 5.97. The molecule has 3 N–H and O–H groups in total. The summed E-state index contributed by atoms with van der Waals surface area (Å²) in [6.07, 6.45) is 0.233. The molecule has 0 aromatic heterocycles. The maximum Gasteiger partial charge on any atom is 0.188 e. The number of benzene rings is 1. The summed E-state index contributed by atoms with van der Waals surface area (Å²) in [5.41, 5.74) is 5.68. The average Bonchev–Trinajstić information content (AvgIpc) is 2.30. The number of nitrogens with one attached hydrogen (secondary N) is 1. The van der Waals surface area contributed by atoms with E-state index in [4.69, 9.17) is 5.73 Å². The zero-order valence-electron chi connectivity index (χ0n) is 11.1. The number of guanidine groups is 1. The van der Waals surface area contributed by atoms with Gasteiger partial charge in [0.25, 0.3) is 0 Å². The van der Waals surface area contributed by atoms with Gasteiger partial charge in [0.2, 0.25) is 0 Å². The van der Waals surface area contributed by atoms with Crippen LogP contribution in [0.5, 0.6) is 0 Å². The summed E-state index contributed by atoms with van der Waals surface area (Å²) in [5, 5.41) is 2.84. The van der Waals surface area contributed by atoms with Crippen molar-refractivity contribution in [2.45, 2.75) is 20.3 Å². The summed E-state index contributed by atoms with van der Waals surface area (Å²) in [7, 11) is 0. The SMILES string of the molecule is CC(C)CN=C(N)NCCc1c(F)cccc1F.I. The molecule has 0 aliphatic carbocycles. The highest BCUT2D eigenvalue weighted by atomic mass is 127. The van der Waals surface area contributed by atoms with E-state index < -0.39 is 11.6 Å². The monoisotopic (exact) mass is 383 g/mol. The second kappa shape index (κ2) is 9.06. The smallest absolute Gasteiger partial charge is 0.188 e. The molecule has 0 saturated carbocycles. The van der Waals surface area contributed by atoms with Crippen LogP contribution in [0, 0.1) is 17.6 Å². The molecular weight excluding hydrogens is 363 g/mol. The molecule has 3 nitrogen and oxygen atoms in total. The van der Waals surface area contributed by atoms with E-state index in [1.54, 1.807) is 0 Å². The standard InChI is InChI=1S/C13H19F2N3.HI/c1-9(2)8-18-13(16)17-7-6-10-11(14)4-3-5-12(10)15;/h3-5,9H,6-8H2,1-2H3,(H3,16,17,18);1H.